The van der Waals surface area contributed by atoms with Crippen molar-refractivity contribution < 1.29 is 19.1 Å². The summed E-state index contributed by atoms with van der Waals surface area (Å²) >= 11 is 3.02. The number of aromatic carboxylic acids is 1. The Morgan fingerprint density at radius 1 is 1.10 bits per heavy atom. The van der Waals surface area contributed by atoms with Gasteiger partial charge < -0.3 is 10.0 Å². The zero-order chi connectivity index (χ0) is 15.6. The molecule has 2 rings (SSSR count). The van der Waals surface area contributed by atoms with Crippen molar-refractivity contribution in [1.82, 2.24) is 0 Å². The molecule has 0 aliphatic heterocycles. The molecule has 1 amide bonds. The van der Waals surface area contributed by atoms with Crippen molar-refractivity contribution in [3.63, 3.8) is 0 Å². The van der Waals surface area contributed by atoms with Crippen molar-refractivity contribution >= 4 is 33.5 Å². The average Bonchev–Trinajstić information content (AvgIpc) is 2.48. The first-order valence-electron chi connectivity index (χ1n) is 5.98. The Morgan fingerprint density at radius 2 is 1.71 bits per heavy atom. The van der Waals surface area contributed by atoms with Crippen LogP contribution >= 0.6 is 15.9 Å². The molecule has 0 spiro atoms. The Bertz CT molecular complexity index is 718. The van der Waals surface area contributed by atoms with Crippen molar-refractivity contribution in [2.24, 2.45) is 0 Å². The fourth-order valence-corrected chi connectivity index (χ4v) is 2.27. The van der Waals surface area contributed by atoms with Gasteiger partial charge in [-0.05, 0) is 40.2 Å². The standard InChI is InChI=1S/C15H11BrFNO3/c1-18(12-8-3-2-5-9(12)15(20)21)14(19)10-6-4-7-11(16)13(10)17/h2-8H,1H3,(H,20,21). The monoisotopic (exact) mass is 351 g/mol. The largest absolute Gasteiger partial charge is 0.478 e. The van der Waals surface area contributed by atoms with Crippen LogP contribution in [0, 0.1) is 5.82 Å². The maximum Gasteiger partial charge on any atom is 0.337 e. The average molecular weight is 352 g/mol. The number of hydrogen-bond acceptors (Lipinski definition) is 2. The molecule has 108 valence electrons. The number of para-hydroxylation sites is 1. The van der Waals surface area contributed by atoms with E-state index in [9.17, 15) is 14.0 Å². The van der Waals surface area contributed by atoms with E-state index in [-0.39, 0.29) is 21.3 Å². The molecule has 2 aromatic carbocycles. The number of benzene rings is 2. The Balaban J connectivity index is 2.45. The third-order valence-corrected chi connectivity index (χ3v) is 3.59. The second kappa shape index (κ2) is 6.05. The van der Waals surface area contributed by atoms with E-state index in [2.05, 4.69) is 15.9 Å². The molecule has 0 heterocycles. The minimum atomic E-state index is -1.15. The van der Waals surface area contributed by atoms with Crippen LogP contribution < -0.4 is 4.90 Å². The summed E-state index contributed by atoms with van der Waals surface area (Å²) in [6.45, 7) is 0. The fraction of sp³-hybridized carbons (Fsp3) is 0.0667. The Kier molecular flexibility index (Phi) is 4.37. The lowest BCUT2D eigenvalue weighted by atomic mass is 10.1. The molecule has 1 N–H and O–H groups in total. The molecule has 0 saturated carbocycles. The van der Waals surface area contributed by atoms with Crippen LogP contribution in [0.5, 0.6) is 0 Å². The highest BCUT2D eigenvalue weighted by Gasteiger charge is 2.22. The van der Waals surface area contributed by atoms with Gasteiger partial charge in [-0.2, -0.15) is 0 Å². The van der Waals surface area contributed by atoms with Crippen LogP contribution in [-0.4, -0.2) is 24.0 Å². The van der Waals surface area contributed by atoms with E-state index < -0.39 is 17.7 Å². The van der Waals surface area contributed by atoms with E-state index in [0.717, 1.165) is 4.90 Å². The highest BCUT2D eigenvalue weighted by Crippen LogP contribution is 2.24. The predicted molar refractivity (Wildman–Crippen MR) is 80.2 cm³/mol. The normalized spacial score (nSPS) is 10.2. The van der Waals surface area contributed by atoms with Crippen molar-refractivity contribution in [3.8, 4) is 0 Å². The minimum Gasteiger partial charge on any atom is -0.478 e. The van der Waals surface area contributed by atoms with E-state index in [1.165, 1.54) is 37.4 Å². The van der Waals surface area contributed by atoms with E-state index in [1.807, 2.05) is 0 Å². The van der Waals surface area contributed by atoms with Gasteiger partial charge in [-0.15, -0.1) is 0 Å². The molecular formula is C15H11BrFNO3. The van der Waals surface area contributed by atoms with E-state index >= 15 is 0 Å². The van der Waals surface area contributed by atoms with Gasteiger partial charge in [-0.25, -0.2) is 9.18 Å². The van der Waals surface area contributed by atoms with Gasteiger partial charge in [0, 0.05) is 7.05 Å². The van der Waals surface area contributed by atoms with Crippen LogP contribution in [-0.2, 0) is 0 Å². The number of carboxylic acids is 1. The summed E-state index contributed by atoms with van der Waals surface area (Å²) in [6, 6.07) is 10.4. The SMILES string of the molecule is CN(C(=O)c1cccc(Br)c1F)c1ccccc1C(=O)O. The van der Waals surface area contributed by atoms with Crippen LogP contribution in [0.4, 0.5) is 10.1 Å². The molecule has 0 aliphatic rings. The minimum absolute atomic E-state index is 0.0243. The number of carbonyl (C=O) groups excluding carboxylic acids is 1. The molecular weight excluding hydrogens is 341 g/mol. The molecule has 6 heteroatoms. The number of carboxylic acid groups (broad SMARTS) is 1. The summed E-state index contributed by atoms with van der Waals surface area (Å²) in [4.78, 5) is 24.7. The van der Waals surface area contributed by atoms with Crippen molar-refractivity contribution in [2.45, 2.75) is 0 Å². The Morgan fingerprint density at radius 3 is 2.38 bits per heavy atom. The Labute approximate surface area is 128 Å². The van der Waals surface area contributed by atoms with Gasteiger partial charge in [0.2, 0.25) is 0 Å². The van der Waals surface area contributed by atoms with Crippen LogP contribution in [0.15, 0.2) is 46.9 Å². The first kappa shape index (κ1) is 15.2. The van der Waals surface area contributed by atoms with Crippen molar-refractivity contribution in [1.29, 1.82) is 0 Å². The van der Waals surface area contributed by atoms with E-state index in [1.54, 1.807) is 12.1 Å². The van der Waals surface area contributed by atoms with E-state index in [0.29, 0.717) is 0 Å². The zero-order valence-electron chi connectivity index (χ0n) is 11.0. The summed E-state index contributed by atoms with van der Waals surface area (Å²) in [7, 11) is 1.41. The van der Waals surface area contributed by atoms with Gasteiger partial charge in [0.15, 0.2) is 0 Å². The van der Waals surface area contributed by atoms with Crippen LogP contribution in [0.3, 0.4) is 0 Å². The number of hydrogen-bond donors (Lipinski definition) is 1. The highest BCUT2D eigenvalue weighted by atomic mass is 79.9. The van der Waals surface area contributed by atoms with Crippen LogP contribution in [0.1, 0.15) is 20.7 Å². The molecule has 0 aliphatic carbocycles. The van der Waals surface area contributed by atoms with Crippen LogP contribution in [0.2, 0.25) is 0 Å². The molecule has 0 aromatic heterocycles. The molecule has 0 saturated heterocycles. The lowest BCUT2D eigenvalue weighted by molar-refractivity contribution is 0.0697. The van der Waals surface area contributed by atoms with Gasteiger partial charge in [0.05, 0.1) is 21.3 Å². The third-order valence-electron chi connectivity index (χ3n) is 2.98. The topological polar surface area (TPSA) is 57.6 Å². The quantitative estimate of drug-likeness (QED) is 0.919. The number of rotatable bonds is 3. The van der Waals surface area contributed by atoms with Gasteiger partial charge >= 0.3 is 5.97 Å². The van der Waals surface area contributed by atoms with Crippen molar-refractivity contribution in [2.75, 3.05) is 11.9 Å². The Hall–Kier alpha value is -2.21. The molecule has 0 unspecified atom stereocenters. The summed E-state index contributed by atoms with van der Waals surface area (Å²) in [6.07, 6.45) is 0. The van der Waals surface area contributed by atoms with Crippen molar-refractivity contribution in [3.05, 3.63) is 63.9 Å². The first-order chi connectivity index (χ1) is 9.93. The van der Waals surface area contributed by atoms with E-state index in [4.69, 9.17) is 5.11 Å². The molecule has 21 heavy (non-hydrogen) atoms. The summed E-state index contributed by atoms with van der Waals surface area (Å²) < 4.78 is 14.2. The van der Waals surface area contributed by atoms with Gasteiger partial charge in [0.1, 0.15) is 5.82 Å². The third kappa shape index (κ3) is 2.95. The molecule has 0 radical (unpaired) electrons. The lowest BCUT2D eigenvalue weighted by Gasteiger charge is -2.19. The number of anilines is 1. The maximum atomic E-state index is 14.0. The molecule has 0 fully saturated rings. The summed E-state index contributed by atoms with van der Waals surface area (Å²) in [5.41, 5.74) is 0.0465. The second-order valence-corrected chi connectivity index (χ2v) is 5.14. The van der Waals surface area contributed by atoms with Crippen LogP contribution in [0.25, 0.3) is 0 Å². The fourth-order valence-electron chi connectivity index (χ4n) is 1.91. The van der Waals surface area contributed by atoms with Gasteiger partial charge in [-0.1, -0.05) is 18.2 Å². The predicted octanol–water partition coefficient (Wildman–Crippen LogP) is 3.56. The molecule has 0 atom stereocenters. The summed E-state index contributed by atoms with van der Waals surface area (Å²) in [5.74, 6) is -2.45. The molecule has 4 nitrogen and oxygen atoms in total. The number of halogens is 2. The number of amides is 1. The van der Waals surface area contributed by atoms with Gasteiger partial charge in [-0.3, -0.25) is 4.79 Å². The second-order valence-electron chi connectivity index (χ2n) is 4.29. The highest BCUT2D eigenvalue weighted by molar-refractivity contribution is 9.10. The first-order valence-corrected chi connectivity index (χ1v) is 6.77. The smallest absolute Gasteiger partial charge is 0.337 e. The maximum absolute atomic E-state index is 14.0. The number of nitrogens with zero attached hydrogens (tertiary/aromatic N) is 1. The number of carbonyl (C=O) groups is 2. The van der Waals surface area contributed by atoms with Gasteiger partial charge in [0.25, 0.3) is 5.91 Å². The zero-order valence-corrected chi connectivity index (χ0v) is 12.6. The molecule has 2 aromatic rings. The molecule has 0 bridgehead atoms. The lowest BCUT2D eigenvalue weighted by Crippen LogP contribution is -2.28. The summed E-state index contributed by atoms with van der Waals surface area (Å²) in [5, 5.41) is 9.15.